The summed E-state index contributed by atoms with van der Waals surface area (Å²) in [6.07, 6.45) is 4.66. The van der Waals surface area contributed by atoms with Crippen molar-refractivity contribution in [3.05, 3.63) is 35.4 Å². The van der Waals surface area contributed by atoms with Gasteiger partial charge in [-0.15, -0.1) is 0 Å². The fourth-order valence-corrected chi connectivity index (χ4v) is 1.64. The van der Waals surface area contributed by atoms with E-state index in [1.54, 1.807) is 0 Å². The van der Waals surface area contributed by atoms with Crippen LogP contribution in [-0.4, -0.2) is 5.97 Å². The van der Waals surface area contributed by atoms with Gasteiger partial charge in [-0.3, -0.25) is 0 Å². The standard InChI is InChI=1S/C13H18O2.CH4.Na/c1-2-3-4-6-11-7-5-8-12(9-11)10-13(14)15;;/h5,7-9H,2-4,6,10H2,1H3,(H,14,15);1H4;/q;;+1/p-1. The maximum Gasteiger partial charge on any atom is 1.00 e. The third-order valence-corrected chi connectivity index (χ3v) is 2.41. The Morgan fingerprint density at radius 3 is 2.47 bits per heavy atom. The molecule has 0 heterocycles. The number of aliphatic carboxylic acids is 1. The van der Waals surface area contributed by atoms with E-state index in [2.05, 4.69) is 13.0 Å². The van der Waals surface area contributed by atoms with E-state index < -0.39 is 5.97 Å². The van der Waals surface area contributed by atoms with Crippen LogP contribution >= 0.6 is 0 Å². The normalized spacial score (nSPS) is 9.00. The van der Waals surface area contributed by atoms with E-state index >= 15 is 0 Å². The van der Waals surface area contributed by atoms with Gasteiger partial charge in [-0.2, -0.15) is 0 Å². The Morgan fingerprint density at radius 1 is 1.24 bits per heavy atom. The number of hydrogen-bond acceptors (Lipinski definition) is 2. The first kappa shape index (κ1) is 19.0. The van der Waals surface area contributed by atoms with Gasteiger partial charge in [0, 0.05) is 12.4 Å². The minimum atomic E-state index is -1.01. The Hall–Kier alpha value is -0.310. The summed E-state index contributed by atoms with van der Waals surface area (Å²) >= 11 is 0. The summed E-state index contributed by atoms with van der Waals surface area (Å²) in [5.74, 6) is -1.01. The molecule has 1 rings (SSSR count). The second-order valence-corrected chi connectivity index (χ2v) is 3.83. The van der Waals surface area contributed by atoms with Crippen molar-refractivity contribution in [3.8, 4) is 0 Å². The molecule has 0 aromatic heterocycles. The molecule has 0 atom stereocenters. The summed E-state index contributed by atoms with van der Waals surface area (Å²) in [4.78, 5) is 10.4. The number of carboxylic acid groups (broad SMARTS) is 1. The van der Waals surface area contributed by atoms with Crippen LogP contribution in [0.15, 0.2) is 24.3 Å². The van der Waals surface area contributed by atoms with E-state index in [0.29, 0.717) is 0 Å². The second kappa shape index (κ2) is 10.8. The number of aryl methyl sites for hydroxylation is 1. The molecule has 1 aromatic rings. The molecule has 3 heteroatoms. The van der Waals surface area contributed by atoms with Gasteiger partial charge in [0.25, 0.3) is 0 Å². The molecule has 0 spiro atoms. The summed E-state index contributed by atoms with van der Waals surface area (Å²) in [6, 6.07) is 7.76. The molecule has 0 saturated heterocycles. The summed E-state index contributed by atoms with van der Waals surface area (Å²) in [5.41, 5.74) is 2.06. The van der Waals surface area contributed by atoms with Crippen LogP contribution in [0, 0.1) is 0 Å². The predicted octanol–water partition coefficient (Wildman–Crippen LogP) is -0.648. The molecule has 0 aliphatic heterocycles. The number of carbonyl (C=O) groups excluding carboxylic acids is 1. The molecule has 0 fully saturated rings. The topological polar surface area (TPSA) is 40.1 Å². The molecule has 90 valence electrons. The fraction of sp³-hybridized carbons (Fsp3) is 0.500. The zero-order valence-corrected chi connectivity index (χ0v) is 12.2. The molecular weight excluding hydrogens is 223 g/mol. The first-order valence-electron chi connectivity index (χ1n) is 5.50. The fourth-order valence-electron chi connectivity index (χ4n) is 1.64. The quantitative estimate of drug-likeness (QED) is 0.493. The van der Waals surface area contributed by atoms with Crippen LogP contribution in [-0.2, 0) is 17.6 Å². The number of rotatable bonds is 6. The molecular formula is C14H21NaO2. The molecule has 0 bridgehead atoms. The Morgan fingerprint density at radius 2 is 1.88 bits per heavy atom. The van der Waals surface area contributed by atoms with Crippen molar-refractivity contribution in [2.45, 2.75) is 46.5 Å². The Bertz CT molecular complexity index is 324. The second-order valence-electron chi connectivity index (χ2n) is 3.83. The van der Waals surface area contributed by atoms with Gasteiger partial charge < -0.3 is 9.90 Å². The molecule has 17 heavy (non-hydrogen) atoms. The molecule has 2 nitrogen and oxygen atoms in total. The van der Waals surface area contributed by atoms with Crippen molar-refractivity contribution in [3.63, 3.8) is 0 Å². The monoisotopic (exact) mass is 244 g/mol. The molecule has 0 unspecified atom stereocenters. The van der Waals surface area contributed by atoms with Gasteiger partial charge >= 0.3 is 29.6 Å². The van der Waals surface area contributed by atoms with Crippen LogP contribution in [0.1, 0.15) is 44.7 Å². The van der Waals surface area contributed by atoms with Crippen molar-refractivity contribution < 1.29 is 39.5 Å². The first-order chi connectivity index (χ1) is 7.22. The Labute approximate surface area is 127 Å². The van der Waals surface area contributed by atoms with Gasteiger partial charge in [0.2, 0.25) is 0 Å². The van der Waals surface area contributed by atoms with Crippen molar-refractivity contribution >= 4 is 5.97 Å². The maximum absolute atomic E-state index is 10.4. The first-order valence-corrected chi connectivity index (χ1v) is 5.50. The van der Waals surface area contributed by atoms with Gasteiger partial charge in [0.15, 0.2) is 0 Å². The van der Waals surface area contributed by atoms with Gasteiger partial charge in [-0.25, -0.2) is 0 Å². The van der Waals surface area contributed by atoms with Crippen LogP contribution in [0.3, 0.4) is 0 Å². The van der Waals surface area contributed by atoms with Crippen molar-refractivity contribution in [2.24, 2.45) is 0 Å². The van der Waals surface area contributed by atoms with E-state index in [1.165, 1.54) is 24.8 Å². The van der Waals surface area contributed by atoms with Gasteiger partial charge in [0.1, 0.15) is 0 Å². The average molecular weight is 244 g/mol. The zero-order chi connectivity index (χ0) is 11.1. The van der Waals surface area contributed by atoms with Crippen LogP contribution in [0.5, 0.6) is 0 Å². The van der Waals surface area contributed by atoms with Crippen LogP contribution in [0.25, 0.3) is 0 Å². The average Bonchev–Trinajstić information content (AvgIpc) is 2.18. The smallest absolute Gasteiger partial charge is 0.550 e. The molecule has 0 N–H and O–H groups in total. The van der Waals surface area contributed by atoms with Crippen LogP contribution in [0.4, 0.5) is 0 Å². The predicted molar refractivity (Wildman–Crippen MR) is 65.1 cm³/mol. The SMILES string of the molecule is C.CCCCCc1cccc(CC(=O)[O-])c1.[Na+]. The number of carboxylic acids is 1. The molecule has 0 saturated carbocycles. The van der Waals surface area contributed by atoms with Crippen LogP contribution in [0.2, 0.25) is 0 Å². The van der Waals surface area contributed by atoms with E-state index in [0.717, 1.165) is 12.0 Å². The van der Waals surface area contributed by atoms with Gasteiger partial charge in [0.05, 0.1) is 0 Å². The summed E-state index contributed by atoms with van der Waals surface area (Å²) in [7, 11) is 0. The van der Waals surface area contributed by atoms with Crippen LogP contribution < -0.4 is 34.7 Å². The number of carbonyl (C=O) groups is 1. The third kappa shape index (κ3) is 8.42. The van der Waals surface area contributed by atoms with Gasteiger partial charge in [-0.1, -0.05) is 51.5 Å². The third-order valence-electron chi connectivity index (χ3n) is 2.41. The van der Waals surface area contributed by atoms with E-state index in [9.17, 15) is 9.90 Å². The van der Waals surface area contributed by atoms with Crippen molar-refractivity contribution in [2.75, 3.05) is 0 Å². The molecule has 0 aliphatic carbocycles. The molecule has 0 aliphatic rings. The summed E-state index contributed by atoms with van der Waals surface area (Å²) in [5, 5.41) is 10.4. The molecule has 0 amide bonds. The van der Waals surface area contributed by atoms with E-state index in [-0.39, 0.29) is 43.4 Å². The summed E-state index contributed by atoms with van der Waals surface area (Å²) < 4.78 is 0. The Kier molecular flexibility index (Phi) is 12.1. The maximum atomic E-state index is 10.4. The zero-order valence-electron chi connectivity index (χ0n) is 10.2. The number of benzene rings is 1. The number of hydrogen-bond donors (Lipinski definition) is 0. The van der Waals surface area contributed by atoms with E-state index in [1.807, 2.05) is 18.2 Å². The van der Waals surface area contributed by atoms with E-state index in [4.69, 9.17) is 0 Å². The largest absolute Gasteiger partial charge is 1.00 e. The minimum absolute atomic E-state index is 0. The van der Waals surface area contributed by atoms with Crippen molar-refractivity contribution in [1.82, 2.24) is 0 Å². The minimum Gasteiger partial charge on any atom is -0.550 e. The van der Waals surface area contributed by atoms with Gasteiger partial charge in [-0.05, 0) is 24.0 Å². The summed E-state index contributed by atoms with van der Waals surface area (Å²) in [6.45, 7) is 2.17. The molecule has 1 aromatic carbocycles. The molecule has 0 radical (unpaired) electrons. The Balaban J connectivity index is 0. The number of unbranched alkanes of at least 4 members (excludes halogenated alkanes) is 2. The van der Waals surface area contributed by atoms with Crippen molar-refractivity contribution in [1.29, 1.82) is 0 Å².